The zero-order valence-electron chi connectivity index (χ0n) is 13.8. The van der Waals surface area contributed by atoms with E-state index in [1.165, 1.54) is 25.5 Å². The minimum absolute atomic E-state index is 0.0429. The van der Waals surface area contributed by atoms with Gasteiger partial charge in [-0.1, -0.05) is 0 Å². The molecule has 5 heteroatoms. The van der Waals surface area contributed by atoms with Crippen LogP contribution in [0.3, 0.4) is 0 Å². The van der Waals surface area contributed by atoms with E-state index in [4.69, 9.17) is 0 Å². The molecule has 2 amide bonds. The van der Waals surface area contributed by atoms with Gasteiger partial charge in [-0.15, -0.1) is 0 Å². The van der Waals surface area contributed by atoms with Crippen LogP contribution < -0.4 is 9.80 Å². The van der Waals surface area contributed by atoms with Crippen molar-refractivity contribution in [1.82, 2.24) is 4.90 Å². The number of anilines is 2. The van der Waals surface area contributed by atoms with Crippen LogP contribution in [0.4, 0.5) is 11.4 Å². The van der Waals surface area contributed by atoms with Gasteiger partial charge in [-0.05, 0) is 49.9 Å². The first-order chi connectivity index (χ1) is 11.1. The van der Waals surface area contributed by atoms with Crippen molar-refractivity contribution in [3.63, 3.8) is 0 Å². The maximum Gasteiger partial charge on any atom is 0.242 e. The smallest absolute Gasteiger partial charge is 0.242 e. The van der Waals surface area contributed by atoms with Gasteiger partial charge in [0.15, 0.2) is 0 Å². The van der Waals surface area contributed by atoms with Crippen LogP contribution in [0.5, 0.6) is 0 Å². The van der Waals surface area contributed by atoms with Crippen LogP contribution >= 0.6 is 0 Å². The largest absolute Gasteiger partial charge is 0.372 e. The Bertz CT molecular complexity index is 558. The fraction of sp³-hybridized carbons (Fsp3) is 0.556. The summed E-state index contributed by atoms with van der Waals surface area (Å²) in [5.41, 5.74) is 1.99. The summed E-state index contributed by atoms with van der Waals surface area (Å²) in [5.74, 6) is -0.0483. The Kier molecular flexibility index (Phi) is 4.84. The first kappa shape index (κ1) is 15.8. The molecule has 2 fully saturated rings. The number of rotatable bonds is 4. The minimum atomic E-state index is -0.0912. The third kappa shape index (κ3) is 3.66. The van der Waals surface area contributed by atoms with Gasteiger partial charge in [-0.25, -0.2) is 0 Å². The molecule has 0 bridgehead atoms. The predicted molar refractivity (Wildman–Crippen MR) is 91.7 cm³/mol. The van der Waals surface area contributed by atoms with Crippen molar-refractivity contribution in [2.75, 3.05) is 42.5 Å². The molecule has 0 aromatic heterocycles. The van der Waals surface area contributed by atoms with Crippen LogP contribution in [0, 0.1) is 0 Å². The van der Waals surface area contributed by atoms with E-state index in [1.54, 1.807) is 4.90 Å². The molecule has 124 valence electrons. The monoisotopic (exact) mass is 315 g/mol. The Labute approximate surface area is 137 Å². The molecule has 0 spiro atoms. The van der Waals surface area contributed by atoms with E-state index in [0.29, 0.717) is 0 Å². The molecule has 1 aromatic carbocycles. The summed E-state index contributed by atoms with van der Waals surface area (Å²) in [6.45, 7) is 5.49. The molecule has 2 aliphatic rings. The maximum absolute atomic E-state index is 12.3. The van der Waals surface area contributed by atoms with Crippen LogP contribution in [-0.2, 0) is 9.59 Å². The highest BCUT2D eigenvalue weighted by Gasteiger charge is 2.23. The topological polar surface area (TPSA) is 43.9 Å². The molecule has 2 heterocycles. The molecule has 3 rings (SSSR count). The molecular weight excluding hydrogens is 290 g/mol. The maximum atomic E-state index is 12.3. The Morgan fingerprint density at radius 2 is 1.52 bits per heavy atom. The van der Waals surface area contributed by atoms with Gasteiger partial charge in [0.2, 0.25) is 11.8 Å². The molecule has 2 aliphatic heterocycles. The van der Waals surface area contributed by atoms with Crippen molar-refractivity contribution in [3.8, 4) is 0 Å². The number of likely N-dealkylation sites (tertiary alicyclic amines) is 1. The summed E-state index contributed by atoms with van der Waals surface area (Å²) in [6.07, 6.45) is 4.62. The Morgan fingerprint density at radius 1 is 0.957 bits per heavy atom. The minimum Gasteiger partial charge on any atom is -0.372 e. The van der Waals surface area contributed by atoms with Gasteiger partial charge in [0.05, 0.1) is 0 Å². The highest BCUT2D eigenvalue weighted by atomic mass is 16.2. The van der Waals surface area contributed by atoms with E-state index < -0.39 is 0 Å². The molecule has 0 saturated carbocycles. The molecular formula is C18H25N3O2. The average Bonchev–Trinajstić information content (AvgIpc) is 3.25. The van der Waals surface area contributed by atoms with Gasteiger partial charge in [-0.2, -0.15) is 0 Å². The average molecular weight is 315 g/mol. The van der Waals surface area contributed by atoms with Crippen LogP contribution in [-0.4, -0.2) is 49.4 Å². The Morgan fingerprint density at radius 3 is 2.09 bits per heavy atom. The highest BCUT2D eigenvalue weighted by molar-refractivity contribution is 5.97. The van der Waals surface area contributed by atoms with Gasteiger partial charge in [0, 0.05) is 44.5 Å². The van der Waals surface area contributed by atoms with Crippen molar-refractivity contribution in [1.29, 1.82) is 0 Å². The lowest BCUT2D eigenvalue weighted by atomic mass is 10.2. The van der Waals surface area contributed by atoms with E-state index in [9.17, 15) is 9.59 Å². The lowest BCUT2D eigenvalue weighted by Gasteiger charge is -2.25. The van der Waals surface area contributed by atoms with Crippen molar-refractivity contribution < 1.29 is 9.59 Å². The number of amides is 2. The number of hydrogen-bond acceptors (Lipinski definition) is 3. The van der Waals surface area contributed by atoms with Crippen molar-refractivity contribution in [3.05, 3.63) is 24.3 Å². The van der Waals surface area contributed by atoms with Gasteiger partial charge < -0.3 is 14.7 Å². The second-order valence-corrected chi connectivity index (χ2v) is 6.40. The second-order valence-electron chi connectivity index (χ2n) is 6.40. The first-order valence-corrected chi connectivity index (χ1v) is 8.56. The van der Waals surface area contributed by atoms with Gasteiger partial charge >= 0.3 is 0 Å². The van der Waals surface area contributed by atoms with Crippen molar-refractivity contribution in [2.45, 2.75) is 32.6 Å². The summed E-state index contributed by atoms with van der Waals surface area (Å²) < 4.78 is 0. The zero-order valence-corrected chi connectivity index (χ0v) is 13.8. The number of carbonyl (C=O) groups is 2. The van der Waals surface area contributed by atoms with E-state index in [1.807, 2.05) is 17.0 Å². The van der Waals surface area contributed by atoms with Crippen LogP contribution in [0.1, 0.15) is 32.6 Å². The number of carbonyl (C=O) groups excluding carboxylic acids is 2. The molecule has 0 unspecified atom stereocenters. The van der Waals surface area contributed by atoms with Gasteiger partial charge in [0.1, 0.15) is 6.54 Å². The first-order valence-electron chi connectivity index (χ1n) is 8.56. The second kappa shape index (κ2) is 7.02. The molecule has 2 saturated heterocycles. The molecule has 5 nitrogen and oxygen atoms in total. The lowest BCUT2D eigenvalue weighted by molar-refractivity contribution is -0.130. The van der Waals surface area contributed by atoms with Crippen LogP contribution in [0.15, 0.2) is 24.3 Å². The predicted octanol–water partition coefficient (Wildman–Crippen LogP) is 2.26. The summed E-state index contributed by atoms with van der Waals surface area (Å²) in [4.78, 5) is 30.1. The Hall–Kier alpha value is -2.04. The fourth-order valence-electron chi connectivity index (χ4n) is 3.40. The molecule has 0 aliphatic carbocycles. The fourth-order valence-corrected chi connectivity index (χ4v) is 3.40. The quantitative estimate of drug-likeness (QED) is 0.856. The van der Waals surface area contributed by atoms with E-state index in [2.05, 4.69) is 17.0 Å². The SMILES string of the molecule is CC(=O)N(CC(=O)N1CCCC1)c1ccc(N2CCCC2)cc1. The third-order valence-corrected chi connectivity index (χ3v) is 4.76. The van der Waals surface area contributed by atoms with Crippen LogP contribution in [0.25, 0.3) is 0 Å². The van der Waals surface area contributed by atoms with E-state index >= 15 is 0 Å². The van der Waals surface area contributed by atoms with Crippen LogP contribution in [0.2, 0.25) is 0 Å². The highest BCUT2D eigenvalue weighted by Crippen LogP contribution is 2.24. The van der Waals surface area contributed by atoms with E-state index in [0.717, 1.165) is 44.7 Å². The molecule has 0 N–H and O–H groups in total. The number of nitrogens with zero attached hydrogens (tertiary/aromatic N) is 3. The van der Waals surface area contributed by atoms with Crippen molar-refractivity contribution in [2.24, 2.45) is 0 Å². The summed E-state index contributed by atoms with van der Waals surface area (Å²) in [6, 6.07) is 8.01. The molecule has 0 atom stereocenters. The summed E-state index contributed by atoms with van der Waals surface area (Å²) in [7, 11) is 0. The number of benzene rings is 1. The summed E-state index contributed by atoms with van der Waals surface area (Å²) in [5, 5.41) is 0. The normalized spacial score (nSPS) is 17.6. The zero-order chi connectivity index (χ0) is 16.2. The standard InChI is InChI=1S/C18H25N3O2/c1-15(22)21(14-18(23)20-12-4-5-13-20)17-8-6-16(7-9-17)19-10-2-3-11-19/h6-9H,2-5,10-14H2,1H3. The molecule has 1 aromatic rings. The molecule has 23 heavy (non-hydrogen) atoms. The lowest BCUT2D eigenvalue weighted by Crippen LogP contribution is -2.41. The van der Waals surface area contributed by atoms with E-state index in [-0.39, 0.29) is 18.4 Å². The Balaban J connectivity index is 1.69. The molecule has 0 radical (unpaired) electrons. The van der Waals surface area contributed by atoms with Gasteiger partial charge in [0.25, 0.3) is 0 Å². The van der Waals surface area contributed by atoms with Gasteiger partial charge in [-0.3, -0.25) is 9.59 Å². The number of hydrogen-bond donors (Lipinski definition) is 0. The van der Waals surface area contributed by atoms with Crippen molar-refractivity contribution >= 4 is 23.2 Å². The summed E-state index contributed by atoms with van der Waals surface area (Å²) >= 11 is 0. The third-order valence-electron chi connectivity index (χ3n) is 4.76.